The fourth-order valence-corrected chi connectivity index (χ4v) is 3.94. The monoisotopic (exact) mass is 468 g/mol. The number of anilines is 1. The van der Waals surface area contributed by atoms with Crippen LogP contribution in [0.5, 0.6) is 5.75 Å². The van der Waals surface area contributed by atoms with Crippen LogP contribution in [0.1, 0.15) is 12.2 Å². The summed E-state index contributed by atoms with van der Waals surface area (Å²) in [5, 5.41) is 14.6. The highest BCUT2D eigenvalue weighted by Crippen LogP contribution is 2.37. The lowest BCUT2D eigenvalue weighted by Crippen LogP contribution is -2.35. The first-order valence-corrected chi connectivity index (χ1v) is 10.1. The van der Waals surface area contributed by atoms with Gasteiger partial charge in [0.1, 0.15) is 40.4 Å². The van der Waals surface area contributed by atoms with Gasteiger partial charge in [-0.05, 0) is 6.07 Å². The summed E-state index contributed by atoms with van der Waals surface area (Å²) in [4.78, 5) is 26.0. The van der Waals surface area contributed by atoms with E-state index in [1.165, 1.54) is 36.5 Å². The van der Waals surface area contributed by atoms with Crippen molar-refractivity contribution in [2.24, 2.45) is 0 Å². The number of amides is 1. The molecule has 12 heteroatoms. The molecule has 10 nitrogen and oxygen atoms in total. The van der Waals surface area contributed by atoms with Crippen LogP contribution in [0.2, 0.25) is 0 Å². The Labute approximate surface area is 191 Å². The number of hydrogen-bond acceptors (Lipinski definition) is 9. The highest BCUT2D eigenvalue weighted by atomic mass is 19.1. The van der Waals surface area contributed by atoms with Crippen LogP contribution in [0.15, 0.2) is 35.1 Å². The maximum atomic E-state index is 14.9. The van der Waals surface area contributed by atoms with Gasteiger partial charge in [0.25, 0.3) is 5.91 Å². The number of aromatic nitrogens is 4. The lowest BCUT2D eigenvalue weighted by molar-refractivity contribution is -0.144. The molecule has 1 saturated heterocycles. The predicted octanol–water partition coefficient (Wildman–Crippen LogP) is 2.27. The third-order valence-electron chi connectivity index (χ3n) is 5.84. The summed E-state index contributed by atoms with van der Waals surface area (Å²) in [6.45, 7) is 0.322. The SMILES string of the molecule is COc1cc(-c2cc(-c3cc([C@]4(O)CCN(C)C4=O)on3)c(F)cc2F)nc2c(N)ncnc12. The van der Waals surface area contributed by atoms with E-state index < -0.39 is 23.1 Å². The van der Waals surface area contributed by atoms with Crippen molar-refractivity contribution in [3.63, 3.8) is 0 Å². The Hall–Kier alpha value is -4.19. The second-order valence-electron chi connectivity index (χ2n) is 7.89. The Kier molecular flexibility index (Phi) is 4.90. The van der Waals surface area contributed by atoms with Crippen molar-refractivity contribution in [1.82, 2.24) is 25.0 Å². The summed E-state index contributed by atoms with van der Waals surface area (Å²) in [6.07, 6.45) is 1.35. The number of carbonyl (C=O) groups is 1. The van der Waals surface area contributed by atoms with E-state index in [9.17, 15) is 18.7 Å². The summed E-state index contributed by atoms with van der Waals surface area (Å²) in [5.41, 5.74) is 4.41. The smallest absolute Gasteiger partial charge is 0.262 e. The molecule has 0 aliphatic carbocycles. The number of benzene rings is 1. The molecule has 1 aromatic carbocycles. The van der Waals surface area contributed by atoms with Crippen LogP contribution in [-0.2, 0) is 10.4 Å². The Morgan fingerprint density at radius 1 is 1.12 bits per heavy atom. The van der Waals surface area contributed by atoms with Crippen LogP contribution >= 0.6 is 0 Å². The molecule has 0 radical (unpaired) electrons. The van der Waals surface area contributed by atoms with E-state index in [-0.39, 0.29) is 51.8 Å². The van der Waals surface area contributed by atoms with Gasteiger partial charge >= 0.3 is 0 Å². The number of nitrogens with two attached hydrogens (primary N) is 1. The molecule has 1 atom stereocenters. The van der Waals surface area contributed by atoms with E-state index in [2.05, 4.69) is 20.1 Å². The molecule has 4 heterocycles. The maximum absolute atomic E-state index is 14.9. The fourth-order valence-electron chi connectivity index (χ4n) is 3.94. The molecule has 174 valence electrons. The van der Waals surface area contributed by atoms with Crippen molar-refractivity contribution < 1.29 is 27.9 Å². The van der Waals surface area contributed by atoms with Gasteiger partial charge in [0.05, 0.1) is 12.8 Å². The van der Waals surface area contributed by atoms with Crippen molar-refractivity contribution in [3.8, 4) is 28.3 Å². The highest BCUT2D eigenvalue weighted by molar-refractivity contribution is 5.91. The zero-order chi connectivity index (χ0) is 24.2. The Balaban J connectivity index is 1.63. The number of hydrogen-bond donors (Lipinski definition) is 2. The predicted molar refractivity (Wildman–Crippen MR) is 115 cm³/mol. The summed E-state index contributed by atoms with van der Waals surface area (Å²) in [7, 11) is 2.96. The first-order valence-electron chi connectivity index (χ1n) is 10.1. The van der Waals surface area contributed by atoms with E-state index in [1.807, 2.05) is 0 Å². The number of likely N-dealkylation sites (tertiary alicyclic amines) is 1. The molecular weight excluding hydrogens is 450 g/mol. The Morgan fingerprint density at radius 3 is 2.53 bits per heavy atom. The zero-order valence-electron chi connectivity index (χ0n) is 18.0. The number of nitrogen functional groups attached to an aromatic ring is 1. The summed E-state index contributed by atoms with van der Waals surface area (Å²) < 4.78 is 40.2. The summed E-state index contributed by atoms with van der Waals surface area (Å²) >= 11 is 0. The van der Waals surface area contributed by atoms with E-state index >= 15 is 0 Å². The third-order valence-corrected chi connectivity index (χ3v) is 5.84. The Morgan fingerprint density at radius 2 is 1.85 bits per heavy atom. The molecular formula is C22H18F2N6O4. The minimum atomic E-state index is -1.90. The molecule has 0 unspecified atom stereocenters. The molecule has 4 aromatic rings. The van der Waals surface area contributed by atoms with Crippen LogP contribution < -0.4 is 10.5 Å². The number of likely N-dealkylation sites (N-methyl/N-ethyl adjacent to an activating group) is 1. The van der Waals surface area contributed by atoms with Crippen LogP contribution in [0.25, 0.3) is 33.5 Å². The number of ether oxygens (including phenoxy) is 1. The second-order valence-corrected chi connectivity index (χ2v) is 7.89. The van der Waals surface area contributed by atoms with Gasteiger partial charge in [-0.2, -0.15) is 0 Å². The Bertz CT molecular complexity index is 1460. The topological polar surface area (TPSA) is 140 Å². The molecule has 1 aliphatic heterocycles. The maximum Gasteiger partial charge on any atom is 0.262 e. The lowest BCUT2D eigenvalue weighted by Gasteiger charge is -2.16. The molecule has 0 spiro atoms. The molecule has 3 N–H and O–H groups in total. The van der Waals surface area contributed by atoms with Crippen molar-refractivity contribution in [3.05, 3.63) is 48.0 Å². The minimum absolute atomic E-state index is 0.0277. The largest absolute Gasteiger partial charge is 0.494 e. The first-order chi connectivity index (χ1) is 16.2. The molecule has 1 amide bonds. The van der Waals surface area contributed by atoms with Gasteiger partial charge in [0, 0.05) is 49.3 Å². The minimum Gasteiger partial charge on any atom is -0.494 e. The van der Waals surface area contributed by atoms with Gasteiger partial charge in [-0.1, -0.05) is 5.16 Å². The number of methoxy groups -OCH3 is 1. The molecule has 3 aromatic heterocycles. The number of carbonyl (C=O) groups excluding carboxylic acids is 1. The number of pyridine rings is 1. The number of halogens is 2. The van der Waals surface area contributed by atoms with E-state index in [0.717, 1.165) is 0 Å². The fraction of sp³-hybridized carbons (Fsp3) is 0.227. The van der Waals surface area contributed by atoms with Crippen molar-refractivity contribution in [2.75, 3.05) is 26.4 Å². The molecule has 1 fully saturated rings. The van der Waals surface area contributed by atoms with Crippen LogP contribution in [0.3, 0.4) is 0 Å². The molecule has 1 aliphatic rings. The molecule has 34 heavy (non-hydrogen) atoms. The summed E-state index contributed by atoms with van der Waals surface area (Å²) in [6, 6.07) is 4.59. The van der Waals surface area contributed by atoms with Crippen molar-refractivity contribution in [2.45, 2.75) is 12.0 Å². The number of rotatable bonds is 4. The number of aliphatic hydroxyl groups is 1. The van der Waals surface area contributed by atoms with Gasteiger partial charge < -0.3 is 25.0 Å². The zero-order valence-corrected chi connectivity index (χ0v) is 18.0. The van der Waals surface area contributed by atoms with Crippen LogP contribution in [0.4, 0.5) is 14.6 Å². The number of fused-ring (bicyclic) bond motifs is 1. The van der Waals surface area contributed by atoms with Crippen LogP contribution in [0, 0.1) is 11.6 Å². The molecule has 0 saturated carbocycles. The highest BCUT2D eigenvalue weighted by Gasteiger charge is 2.48. The standard InChI is InChI=1S/C22H18F2N6O4/c1-30-4-3-22(32,21(30)31)17-8-15(29-34-17)11-5-10(12(23)6-13(11)24)14-7-16(33-2)18-19(28-14)20(25)27-9-26-18/h5-9,32H,3-4H2,1-2H3,(H2,25,26,27)/t22-/m1/s1. The second kappa shape index (κ2) is 7.70. The van der Waals surface area contributed by atoms with E-state index in [0.29, 0.717) is 18.1 Å². The van der Waals surface area contributed by atoms with Gasteiger partial charge in [0.15, 0.2) is 11.6 Å². The average molecular weight is 468 g/mol. The number of nitrogens with zero attached hydrogens (tertiary/aromatic N) is 5. The quantitative estimate of drug-likeness (QED) is 0.461. The van der Waals surface area contributed by atoms with Gasteiger partial charge in [0.2, 0.25) is 5.60 Å². The molecule has 5 rings (SSSR count). The van der Waals surface area contributed by atoms with E-state index in [4.69, 9.17) is 15.0 Å². The molecule has 0 bridgehead atoms. The van der Waals surface area contributed by atoms with Gasteiger partial charge in [-0.25, -0.2) is 23.7 Å². The normalized spacial score (nSPS) is 18.1. The first kappa shape index (κ1) is 21.6. The lowest BCUT2D eigenvalue weighted by atomic mass is 9.97. The van der Waals surface area contributed by atoms with Crippen molar-refractivity contribution >= 4 is 22.8 Å². The van der Waals surface area contributed by atoms with Gasteiger partial charge in [-0.3, -0.25) is 4.79 Å². The summed E-state index contributed by atoms with van der Waals surface area (Å²) in [5.74, 6) is -2.15. The van der Waals surface area contributed by atoms with E-state index in [1.54, 1.807) is 7.05 Å². The van der Waals surface area contributed by atoms with Gasteiger partial charge in [-0.15, -0.1) is 0 Å². The van der Waals surface area contributed by atoms with Crippen molar-refractivity contribution in [1.29, 1.82) is 0 Å². The third kappa shape index (κ3) is 3.22. The average Bonchev–Trinajstić information content (AvgIpc) is 3.41. The van der Waals surface area contributed by atoms with Crippen LogP contribution in [-0.4, -0.2) is 56.7 Å².